The summed E-state index contributed by atoms with van der Waals surface area (Å²) in [4.78, 5) is 24.4. The van der Waals surface area contributed by atoms with Crippen LogP contribution >= 0.6 is 0 Å². The number of amides is 1. The lowest BCUT2D eigenvalue weighted by molar-refractivity contribution is -0.141. The number of rotatable bonds is 3. The summed E-state index contributed by atoms with van der Waals surface area (Å²) >= 11 is 0. The number of piperidine rings is 1. The molecule has 0 saturated carbocycles. The number of carbonyl (C=O) groups is 1. The lowest BCUT2D eigenvalue weighted by Gasteiger charge is -2.32. The van der Waals surface area contributed by atoms with Crippen LogP contribution in [0.25, 0.3) is 0 Å². The van der Waals surface area contributed by atoms with E-state index in [2.05, 4.69) is 15.0 Å². The molecule has 1 aliphatic rings. The summed E-state index contributed by atoms with van der Waals surface area (Å²) in [5.74, 6) is -1.26. The summed E-state index contributed by atoms with van der Waals surface area (Å²) in [6.45, 7) is 0.490. The van der Waals surface area contributed by atoms with Gasteiger partial charge in [-0.1, -0.05) is 0 Å². The van der Waals surface area contributed by atoms with Crippen LogP contribution < -0.4 is 4.74 Å². The second-order valence-corrected chi connectivity index (χ2v) is 5.71. The zero-order valence-electron chi connectivity index (χ0n) is 13.4. The molecule has 0 N–H and O–H groups in total. The molecule has 0 aromatic carbocycles. The van der Waals surface area contributed by atoms with Crippen LogP contribution in [0.1, 0.15) is 28.9 Å². The van der Waals surface area contributed by atoms with E-state index >= 15 is 0 Å². The van der Waals surface area contributed by atoms with E-state index in [1.807, 2.05) is 0 Å². The van der Waals surface area contributed by atoms with Gasteiger partial charge in [-0.25, -0.2) is 9.37 Å². The fourth-order valence-electron chi connectivity index (χ4n) is 2.64. The van der Waals surface area contributed by atoms with Crippen LogP contribution in [-0.4, -0.2) is 45.0 Å². The van der Waals surface area contributed by atoms with Gasteiger partial charge < -0.3 is 9.64 Å². The van der Waals surface area contributed by atoms with Crippen molar-refractivity contribution < 1.29 is 27.1 Å². The minimum atomic E-state index is -4.60. The molecule has 3 heterocycles. The molecule has 1 aliphatic heterocycles. The molecule has 6 nitrogen and oxygen atoms in total. The molecule has 1 unspecified atom stereocenters. The highest BCUT2D eigenvalue weighted by molar-refractivity contribution is 5.94. The van der Waals surface area contributed by atoms with E-state index in [1.54, 1.807) is 0 Å². The zero-order chi connectivity index (χ0) is 18.7. The largest absolute Gasteiger partial charge is 0.458 e. The van der Waals surface area contributed by atoms with Crippen molar-refractivity contribution in [3.05, 3.63) is 47.8 Å². The van der Waals surface area contributed by atoms with Crippen molar-refractivity contribution in [1.29, 1.82) is 0 Å². The predicted octanol–water partition coefficient (Wildman–Crippen LogP) is 2.71. The summed E-state index contributed by atoms with van der Waals surface area (Å²) < 4.78 is 57.2. The molecule has 1 fully saturated rings. The van der Waals surface area contributed by atoms with Crippen LogP contribution in [0.4, 0.5) is 17.6 Å². The number of hydrogen-bond donors (Lipinski definition) is 0. The van der Waals surface area contributed by atoms with Crippen LogP contribution in [0.3, 0.4) is 0 Å². The second-order valence-electron chi connectivity index (χ2n) is 5.71. The predicted molar refractivity (Wildman–Crippen MR) is 80.8 cm³/mol. The van der Waals surface area contributed by atoms with Crippen molar-refractivity contribution in [1.82, 2.24) is 19.9 Å². The van der Waals surface area contributed by atoms with Crippen LogP contribution in [0.15, 0.2) is 30.7 Å². The Morgan fingerprint density at radius 1 is 1.27 bits per heavy atom. The van der Waals surface area contributed by atoms with Crippen molar-refractivity contribution in [2.75, 3.05) is 13.1 Å². The number of nitrogens with zero attached hydrogens (tertiary/aromatic N) is 4. The fourth-order valence-corrected chi connectivity index (χ4v) is 2.64. The van der Waals surface area contributed by atoms with E-state index in [9.17, 15) is 22.4 Å². The van der Waals surface area contributed by atoms with E-state index in [-0.39, 0.29) is 12.1 Å². The molecular formula is C16H14F4N4O2. The molecular weight excluding hydrogens is 356 g/mol. The van der Waals surface area contributed by atoms with Gasteiger partial charge in [0.2, 0.25) is 0 Å². The Morgan fingerprint density at radius 3 is 2.81 bits per heavy atom. The van der Waals surface area contributed by atoms with Gasteiger partial charge in [0.15, 0.2) is 11.5 Å². The van der Waals surface area contributed by atoms with Crippen molar-refractivity contribution >= 4 is 5.91 Å². The number of pyridine rings is 1. The highest BCUT2D eigenvalue weighted by Crippen LogP contribution is 2.28. The van der Waals surface area contributed by atoms with Crippen LogP contribution in [0, 0.1) is 5.82 Å². The molecule has 1 amide bonds. The normalized spacial score (nSPS) is 17.8. The maximum Gasteiger partial charge on any atom is 0.433 e. The number of alkyl halides is 3. The van der Waals surface area contributed by atoms with Gasteiger partial charge >= 0.3 is 12.2 Å². The van der Waals surface area contributed by atoms with E-state index in [0.717, 1.165) is 18.5 Å². The van der Waals surface area contributed by atoms with E-state index in [4.69, 9.17) is 4.74 Å². The Kier molecular flexibility index (Phi) is 5.01. The number of carbonyl (C=O) groups excluding carboxylic acids is 1. The summed E-state index contributed by atoms with van der Waals surface area (Å²) in [5, 5.41) is 0. The first-order valence-corrected chi connectivity index (χ1v) is 7.80. The second kappa shape index (κ2) is 7.22. The smallest absolute Gasteiger partial charge is 0.433 e. The van der Waals surface area contributed by atoms with Crippen LogP contribution in [0.2, 0.25) is 0 Å². The number of aromatic nitrogens is 3. The maximum absolute atomic E-state index is 13.7. The van der Waals surface area contributed by atoms with Gasteiger partial charge in [-0.3, -0.25) is 9.78 Å². The molecule has 1 saturated heterocycles. The summed E-state index contributed by atoms with van der Waals surface area (Å²) in [5.41, 5.74) is -1.22. The molecule has 2 aromatic heterocycles. The van der Waals surface area contributed by atoms with Crippen LogP contribution in [-0.2, 0) is 6.18 Å². The minimum absolute atomic E-state index is 0.0974. The maximum atomic E-state index is 13.7. The Labute approximate surface area is 145 Å². The summed E-state index contributed by atoms with van der Waals surface area (Å²) in [6.07, 6.45) is -0.893. The van der Waals surface area contributed by atoms with E-state index in [0.29, 0.717) is 19.4 Å². The first-order chi connectivity index (χ1) is 12.3. The molecule has 0 radical (unpaired) electrons. The van der Waals surface area contributed by atoms with Crippen LogP contribution in [0.5, 0.6) is 6.01 Å². The third-order valence-electron chi connectivity index (χ3n) is 3.86. The molecule has 2 aromatic rings. The molecule has 0 bridgehead atoms. The molecule has 10 heteroatoms. The van der Waals surface area contributed by atoms with Crippen molar-refractivity contribution in [3.63, 3.8) is 0 Å². The lowest BCUT2D eigenvalue weighted by Crippen LogP contribution is -2.44. The Hall–Kier alpha value is -2.78. The SMILES string of the molecule is O=C(c1ccncc1F)N1CCCC(Oc2nccc(C(F)(F)F)n2)C1. The fraction of sp³-hybridized carbons (Fsp3) is 0.375. The molecule has 3 rings (SSSR count). The van der Waals surface area contributed by atoms with E-state index < -0.39 is 35.7 Å². The number of likely N-dealkylation sites (tertiary alicyclic amines) is 1. The standard InChI is InChI=1S/C16H14F4N4O2/c17-12-8-21-5-3-11(12)14(25)24-7-1-2-10(9-24)26-15-22-6-4-13(23-15)16(18,19)20/h3-6,8,10H,1-2,7,9H2. The molecule has 0 aliphatic carbocycles. The minimum Gasteiger partial charge on any atom is -0.458 e. The van der Waals surface area contributed by atoms with Gasteiger partial charge in [-0.05, 0) is 25.0 Å². The molecule has 1 atom stereocenters. The average Bonchev–Trinajstić information content (AvgIpc) is 2.61. The lowest BCUT2D eigenvalue weighted by atomic mass is 10.1. The summed E-state index contributed by atoms with van der Waals surface area (Å²) in [6, 6.07) is 1.61. The molecule has 26 heavy (non-hydrogen) atoms. The van der Waals surface area contributed by atoms with Crippen molar-refractivity contribution in [2.45, 2.75) is 25.1 Å². The highest BCUT2D eigenvalue weighted by atomic mass is 19.4. The monoisotopic (exact) mass is 370 g/mol. The third kappa shape index (κ3) is 4.06. The third-order valence-corrected chi connectivity index (χ3v) is 3.86. The van der Waals surface area contributed by atoms with Crippen molar-refractivity contribution in [3.8, 4) is 6.01 Å². The number of halogens is 4. The van der Waals surface area contributed by atoms with Crippen molar-refractivity contribution in [2.24, 2.45) is 0 Å². The van der Waals surface area contributed by atoms with E-state index in [1.165, 1.54) is 17.2 Å². The van der Waals surface area contributed by atoms with Gasteiger partial charge in [0.05, 0.1) is 18.3 Å². The first kappa shape index (κ1) is 18.0. The topological polar surface area (TPSA) is 68.2 Å². The average molecular weight is 370 g/mol. The molecule has 0 spiro atoms. The van der Waals surface area contributed by atoms with Gasteiger partial charge in [-0.15, -0.1) is 0 Å². The van der Waals surface area contributed by atoms with Gasteiger partial charge in [0.25, 0.3) is 5.91 Å². The molecule has 138 valence electrons. The number of ether oxygens (including phenoxy) is 1. The highest BCUT2D eigenvalue weighted by Gasteiger charge is 2.33. The summed E-state index contributed by atoms with van der Waals surface area (Å²) in [7, 11) is 0. The van der Waals surface area contributed by atoms with Gasteiger partial charge in [0, 0.05) is 18.9 Å². The first-order valence-electron chi connectivity index (χ1n) is 7.80. The Balaban J connectivity index is 1.69. The Bertz CT molecular complexity index is 800. The quantitative estimate of drug-likeness (QED) is 0.777. The van der Waals surface area contributed by atoms with Gasteiger partial charge in [0.1, 0.15) is 6.10 Å². The Morgan fingerprint density at radius 2 is 2.08 bits per heavy atom. The zero-order valence-corrected chi connectivity index (χ0v) is 13.4. The number of hydrogen-bond acceptors (Lipinski definition) is 5. The van der Waals surface area contributed by atoms with Gasteiger partial charge in [-0.2, -0.15) is 18.2 Å².